The van der Waals surface area contributed by atoms with Gasteiger partial charge < -0.3 is 25.3 Å². The Bertz CT molecular complexity index is 644. The predicted molar refractivity (Wildman–Crippen MR) is 100 cm³/mol. The zero-order valence-corrected chi connectivity index (χ0v) is 16.6. The van der Waals surface area contributed by atoms with Crippen LogP contribution in [0.4, 0.5) is 10.5 Å². The maximum atomic E-state index is 12.6. The van der Waals surface area contributed by atoms with E-state index in [0.717, 1.165) is 0 Å². The van der Waals surface area contributed by atoms with E-state index < -0.39 is 29.3 Å². The molecule has 0 aliphatic carbocycles. The van der Waals surface area contributed by atoms with Crippen LogP contribution in [0.25, 0.3) is 0 Å². The second-order valence-electron chi connectivity index (χ2n) is 8.01. The van der Waals surface area contributed by atoms with Crippen molar-refractivity contribution in [3.8, 4) is 5.75 Å². The number of esters is 1. The number of benzene rings is 1. The molecule has 0 radical (unpaired) electrons. The standard InChI is InChI=1S/C19H30N2O5/c1-18(2,3)25-16(22)14(21-17(23)26-19(4,5)6)10-12-8-9-13(20)11-15(12)24-7/h8-9,11,14H,10,20H2,1-7H3,(H,21,23)/t14-/m0/s1. The van der Waals surface area contributed by atoms with Crippen LogP contribution in [0.1, 0.15) is 47.1 Å². The van der Waals surface area contributed by atoms with Crippen LogP contribution in [0.5, 0.6) is 5.75 Å². The van der Waals surface area contributed by atoms with E-state index in [4.69, 9.17) is 19.9 Å². The highest BCUT2D eigenvalue weighted by Crippen LogP contribution is 2.23. The third-order valence-corrected chi connectivity index (χ3v) is 3.12. The van der Waals surface area contributed by atoms with Gasteiger partial charge in [0.15, 0.2) is 0 Å². The molecule has 7 nitrogen and oxygen atoms in total. The quantitative estimate of drug-likeness (QED) is 0.614. The summed E-state index contributed by atoms with van der Waals surface area (Å²) in [5, 5.41) is 2.59. The van der Waals surface area contributed by atoms with E-state index in [-0.39, 0.29) is 6.42 Å². The Labute approximate surface area is 155 Å². The molecule has 0 saturated heterocycles. The molecule has 0 heterocycles. The van der Waals surface area contributed by atoms with Crippen molar-refractivity contribution in [1.82, 2.24) is 5.32 Å². The molecule has 0 spiro atoms. The van der Waals surface area contributed by atoms with Crippen molar-refractivity contribution in [3.63, 3.8) is 0 Å². The summed E-state index contributed by atoms with van der Waals surface area (Å²) < 4.78 is 16.0. The van der Waals surface area contributed by atoms with Gasteiger partial charge in [0.2, 0.25) is 0 Å². The number of nitrogens with two attached hydrogens (primary N) is 1. The summed E-state index contributed by atoms with van der Waals surface area (Å²) in [4.78, 5) is 24.7. The summed E-state index contributed by atoms with van der Waals surface area (Å²) in [6.45, 7) is 10.5. The fourth-order valence-corrected chi connectivity index (χ4v) is 2.17. The highest BCUT2D eigenvalue weighted by molar-refractivity contribution is 5.82. The maximum absolute atomic E-state index is 12.6. The Balaban J connectivity index is 3.04. The number of nitrogen functional groups attached to an aromatic ring is 1. The molecule has 146 valence electrons. The predicted octanol–water partition coefficient (Wildman–Crippen LogP) is 3.05. The van der Waals surface area contributed by atoms with E-state index in [0.29, 0.717) is 17.0 Å². The second kappa shape index (κ2) is 8.29. The summed E-state index contributed by atoms with van der Waals surface area (Å²) in [6, 6.07) is 4.19. The lowest BCUT2D eigenvalue weighted by atomic mass is 10.0. The van der Waals surface area contributed by atoms with Gasteiger partial charge in [-0.05, 0) is 53.2 Å². The number of amides is 1. The van der Waals surface area contributed by atoms with Crippen LogP contribution in [-0.2, 0) is 20.7 Å². The van der Waals surface area contributed by atoms with Gasteiger partial charge in [-0.1, -0.05) is 6.07 Å². The Hall–Kier alpha value is -2.44. The molecule has 0 unspecified atom stereocenters. The Morgan fingerprint density at radius 3 is 2.15 bits per heavy atom. The van der Waals surface area contributed by atoms with Gasteiger partial charge in [0.1, 0.15) is 23.0 Å². The van der Waals surface area contributed by atoms with Crippen LogP contribution in [0.2, 0.25) is 0 Å². The SMILES string of the molecule is COc1cc(N)ccc1C[C@H](NC(=O)OC(C)(C)C)C(=O)OC(C)(C)C. The maximum Gasteiger partial charge on any atom is 0.408 e. The first kappa shape index (κ1) is 21.6. The summed E-state index contributed by atoms with van der Waals surface area (Å²) in [6.07, 6.45) is -0.514. The Morgan fingerprint density at radius 2 is 1.65 bits per heavy atom. The molecule has 1 rings (SSSR count). The number of carbonyl (C=O) groups excluding carboxylic acids is 2. The molecular formula is C19H30N2O5. The van der Waals surface area contributed by atoms with Gasteiger partial charge in [-0.25, -0.2) is 9.59 Å². The summed E-state index contributed by atoms with van der Waals surface area (Å²) >= 11 is 0. The summed E-state index contributed by atoms with van der Waals surface area (Å²) in [5.41, 5.74) is 5.66. The number of nitrogens with one attached hydrogen (secondary N) is 1. The molecule has 1 amide bonds. The van der Waals surface area contributed by atoms with Crippen molar-refractivity contribution in [3.05, 3.63) is 23.8 Å². The Kier molecular flexibility index (Phi) is 6.89. The molecular weight excluding hydrogens is 336 g/mol. The highest BCUT2D eigenvalue weighted by Gasteiger charge is 2.29. The summed E-state index contributed by atoms with van der Waals surface area (Å²) in [5.74, 6) is -0.0215. The molecule has 0 bridgehead atoms. The van der Waals surface area contributed by atoms with E-state index in [9.17, 15) is 9.59 Å². The second-order valence-corrected chi connectivity index (χ2v) is 8.01. The number of hydrogen-bond donors (Lipinski definition) is 2. The van der Waals surface area contributed by atoms with Crippen LogP contribution in [0.3, 0.4) is 0 Å². The van der Waals surface area contributed by atoms with Gasteiger partial charge in [-0.3, -0.25) is 0 Å². The lowest BCUT2D eigenvalue weighted by molar-refractivity contribution is -0.157. The molecule has 0 aliphatic rings. The van der Waals surface area contributed by atoms with Gasteiger partial charge in [0.05, 0.1) is 7.11 Å². The van der Waals surface area contributed by atoms with Crippen molar-refractivity contribution in [2.45, 2.75) is 65.2 Å². The van der Waals surface area contributed by atoms with Gasteiger partial charge in [-0.2, -0.15) is 0 Å². The molecule has 1 aromatic carbocycles. The lowest BCUT2D eigenvalue weighted by Crippen LogP contribution is -2.47. The molecule has 26 heavy (non-hydrogen) atoms. The molecule has 1 atom stereocenters. The number of anilines is 1. The molecule has 0 fully saturated rings. The molecule has 0 aromatic heterocycles. The fourth-order valence-electron chi connectivity index (χ4n) is 2.17. The normalized spacial score (nSPS) is 12.9. The van der Waals surface area contributed by atoms with E-state index >= 15 is 0 Å². The van der Waals surface area contributed by atoms with Crippen LogP contribution in [0, 0.1) is 0 Å². The van der Waals surface area contributed by atoms with Crippen LogP contribution in [-0.4, -0.2) is 36.4 Å². The minimum absolute atomic E-state index is 0.178. The monoisotopic (exact) mass is 366 g/mol. The van der Waals surface area contributed by atoms with E-state index in [2.05, 4.69) is 5.32 Å². The first-order valence-corrected chi connectivity index (χ1v) is 8.45. The summed E-state index contributed by atoms with van der Waals surface area (Å²) in [7, 11) is 1.52. The lowest BCUT2D eigenvalue weighted by Gasteiger charge is -2.26. The highest BCUT2D eigenvalue weighted by atomic mass is 16.6. The fraction of sp³-hybridized carbons (Fsp3) is 0.579. The molecule has 3 N–H and O–H groups in total. The third kappa shape index (κ3) is 7.63. The van der Waals surface area contributed by atoms with E-state index in [1.165, 1.54) is 7.11 Å². The molecule has 0 aliphatic heterocycles. The Morgan fingerprint density at radius 1 is 1.08 bits per heavy atom. The first-order chi connectivity index (χ1) is 11.8. The molecule has 1 aromatic rings. The minimum Gasteiger partial charge on any atom is -0.496 e. The van der Waals surface area contributed by atoms with Crippen LogP contribution in [0.15, 0.2) is 18.2 Å². The number of rotatable bonds is 5. The zero-order chi connectivity index (χ0) is 20.1. The average Bonchev–Trinajstić information content (AvgIpc) is 2.44. The van der Waals surface area contributed by atoms with Crippen molar-refractivity contribution in [2.24, 2.45) is 0 Å². The third-order valence-electron chi connectivity index (χ3n) is 3.12. The van der Waals surface area contributed by atoms with Crippen LogP contribution >= 0.6 is 0 Å². The number of methoxy groups -OCH3 is 1. The van der Waals surface area contributed by atoms with E-state index in [1.807, 2.05) is 0 Å². The van der Waals surface area contributed by atoms with Crippen molar-refractivity contribution in [2.75, 3.05) is 12.8 Å². The van der Waals surface area contributed by atoms with Gasteiger partial charge in [0, 0.05) is 18.2 Å². The largest absolute Gasteiger partial charge is 0.496 e. The number of hydrogen-bond acceptors (Lipinski definition) is 6. The zero-order valence-electron chi connectivity index (χ0n) is 16.6. The topological polar surface area (TPSA) is 99.9 Å². The number of ether oxygens (including phenoxy) is 3. The first-order valence-electron chi connectivity index (χ1n) is 8.45. The average molecular weight is 366 g/mol. The van der Waals surface area contributed by atoms with E-state index in [1.54, 1.807) is 59.7 Å². The van der Waals surface area contributed by atoms with Gasteiger partial charge in [0.25, 0.3) is 0 Å². The van der Waals surface area contributed by atoms with Crippen molar-refractivity contribution in [1.29, 1.82) is 0 Å². The smallest absolute Gasteiger partial charge is 0.408 e. The van der Waals surface area contributed by atoms with Crippen molar-refractivity contribution < 1.29 is 23.8 Å². The molecule has 7 heteroatoms. The number of carbonyl (C=O) groups is 2. The van der Waals surface area contributed by atoms with Crippen molar-refractivity contribution >= 4 is 17.7 Å². The molecule has 0 saturated carbocycles. The van der Waals surface area contributed by atoms with Crippen LogP contribution < -0.4 is 15.8 Å². The van der Waals surface area contributed by atoms with Gasteiger partial charge >= 0.3 is 12.1 Å². The van der Waals surface area contributed by atoms with Gasteiger partial charge in [-0.15, -0.1) is 0 Å². The number of alkyl carbamates (subject to hydrolysis) is 1. The minimum atomic E-state index is -0.929.